The second-order valence-corrected chi connectivity index (χ2v) is 6.34. The number of carbonyl (C=O) groups excluding carboxylic acids is 1. The molecule has 0 aliphatic carbocycles. The zero-order valence-corrected chi connectivity index (χ0v) is 13.0. The van der Waals surface area contributed by atoms with Crippen LogP contribution in [0.5, 0.6) is 0 Å². The van der Waals surface area contributed by atoms with E-state index in [-0.39, 0.29) is 5.91 Å². The smallest absolute Gasteiger partial charge is 0.276 e. The molecule has 0 bridgehead atoms. The summed E-state index contributed by atoms with van der Waals surface area (Å²) >= 11 is 2.91. The van der Waals surface area contributed by atoms with E-state index in [4.69, 9.17) is 0 Å². The second kappa shape index (κ2) is 6.15. The Labute approximate surface area is 130 Å². The number of rotatable bonds is 4. The molecule has 0 unspecified atom stereocenters. The fraction of sp³-hybridized carbons (Fsp3) is 0.133. The number of anilines is 1. The molecule has 2 aromatic heterocycles. The maximum atomic E-state index is 12.1. The van der Waals surface area contributed by atoms with Crippen molar-refractivity contribution in [3.63, 3.8) is 0 Å². The fourth-order valence-corrected chi connectivity index (χ4v) is 3.33. The van der Waals surface area contributed by atoms with Crippen LogP contribution in [0.15, 0.2) is 41.1 Å². The number of nitrogens with one attached hydrogen (secondary N) is 1. The molecule has 3 aromatic rings. The molecule has 6 heteroatoms. The first-order chi connectivity index (χ1) is 10.2. The van der Waals surface area contributed by atoms with E-state index >= 15 is 0 Å². The number of hydrogen-bond donors (Lipinski definition) is 1. The van der Waals surface area contributed by atoms with Crippen molar-refractivity contribution in [2.24, 2.45) is 0 Å². The summed E-state index contributed by atoms with van der Waals surface area (Å²) in [5.74, 6) is -0.208. The molecule has 4 nitrogen and oxygen atoms in total. The SMILES string of the molecule is Cc1csc(NC(=O)c2csc(Cc3ccccc3)n2)n1. The van der Waals surface area contributed by atoms with Gasteiger partial charge in [-0.05, 0) is 12.5 Å². The third-order valence-electron chi connectivity index (χ3n) is 2.82. The zero-order valence-electron chi connectivity index (χ0n) is 11.4. The second-order valence-electron chi connectivity index (χ2n) is 4.54. The number of benzene rings is 1. The topological polar surface area (TPSA) is 54.9 Å². The van der Waals surface area contributed by atoms with Crippen LogP contribution in [0, 0.1) is 6.92 Å². The number of carbonyl (C=O) groups is 1. The summed E-state index contributed by atoms with van der Waals surface area (Å²) in [6.45, 7) is 1.90. The van der Waals surface area contributed by atoms with Gasteiger partial charge in [0.25, 0.3) is 5.91 Å². The van der Waals surface area contributed by atoms with Crippen LogP contribution < -0.4 is 5.32 Å². The summed E-state index contributed by atoms with van der Waals surface area (Å²) in [4.78, 5) is 20.7. The van der Waals surface area contributed by atoms with Gasteiger partial charge in [0.1, 0.15) is 5.69 Å². The normalized spacial score (nSPS) is 10.5. The predicted molar refractivity (Wildman–Crippen MR) is 86.2 cm³/mol. The highest BCUT2D eigenvalue weighted by Gasteiger charge is 2.12. The largest absolute Gasteiger partial charge is 0.296 e. The van der Waals surface area contributed by atoms with Crippen molar-refractivity contribution < 1.29 is 4.79 Å². The van der Waals surface area contributed by atoms with Crippen molar-refractivity contribution in [1.29, 1.82) is 0 Å². The van der Waals surface area contributed by atoms with E-state index in [0.29, 0.717) is 10.8 Å². The van der Waals surface area contributed by atoms with Crippen molar-refractivity contribution in [1.82, 2.24) is 9.97 Å². The first-order valence-electron chi connectivity index (χ1n) is 6.42. The molecule has 0 aliphatic rings. The lowest BCUT2D eigenvalue weighted by atomic mass is 10.2. The van der Waals surface area contributed by atoms with Gasteiger partial charge < -0.3 is 0 Å². The Hall–Kier alpha value is -2.05. The molecule has 106 valence electrons. The summed E-state index contributed by atoms with van der Waals surface area (Å²) in [5.41, 5.74) is 2.53. The molecule has 2 heterocycles. The predicted octanol–water partition coefficient (Wildman–Crippen LogP) is 3.75. The van der Waals surface area contributed by atoms with Crippen molar-refractivity contribution >= 4 is 33.7 Å². The molecule has 0 spiro atoms. The molecular formula is C15H13N3OS2. The summed E-state index contributed by atoms with van der Waals surface area (Å²) in [6, 6.07) is 10.1. The molecule has 3 rings (SSSR count). The van der Waals surface area contributed by atoms with Gasteiger partial charge in [-0.3, -0.25) is 10.1 Å². The number of aryl methyl sites for hydroxylation is 1. The van der Waals surface area contributed by atoms with Crippen LogP contribution in [0.4, 0.5) is 5.13 Å². The Morgan fingerprint density at radius 3 is 2.67 bits per heavy atom. The molecular weight excluding hydrogens is 302 g/mol. The number of aromatic nitrogens is 2. The molecule has 21 heavy (non-hydrogen) atoms. The summed E-state index contributed by atoms with van der Waals surface area (Å²) in [6.07, 6.45) is 0.745. The Morgan fingerprint density at radius 2 is 1.95 bits per heavy atom. The average molecular weight is 315 g/mol. The van der Waals surface area contributed by atoms with Gasteiger partial charge in [0, 0.05) is 17.2 Å². The van der Waals surface area contributed by atoms with E-state index in [1.54, 1.807) is 5.38 Å². The van der Waals surface area contributed by atoms with Crippen LogP contribution >= 0.6 is 22.7 Å². The van der Waals surface area contributed by atoms with Crippen molar-refractivity contribution in [3.05, 3.63) is 63.1 Å². The van der Waals surface area contributed by atoms with Gasteiger partial charge in [-0.1, -0.05) is 30.3 Å². The molecule has 0 saturated carbocycles. The maximum Gasteiger partial charge on any atom is 0.276 e. The van der Waals surface area contributed by atoms with Crippen LogP contribution in [-0.4, -0.2) is 15.9 Å². The van der Waals surface area contributed by atoms with Gasteiger partial charge >= 0.3 is 0 Å². The number of hydrogen-bond acceptors (Lipinski definition) is 5. The quantitative estimate of drug-likeness (QED) is 0.797. The molecule has 1 amide bonds. The number of thiazole rings is 2. The Kier molecular flexibility index (Phi) is 4.08. The summed E-state index contributed by atoms with van der Waals surface area (Å²) < 4.78 is 0. The third-order valence-corrected chi connectivity index (χ3v) is 4.55. The summed E-state index contributed by atoms with van der Waals surface area (Å²) in [7, 11) is 0. The molecule has 0 radical (unpaired) electrons. The van der Waals surface area contributed by atoms with E-state index in [9.17, 15) is 4.79 Å². The van der Waals surface area contributed by atoms with Crippen molar-refractivity contribution in [2.75, 3.05) is 5.32 Å². The standard InChI is InChI=1S/C15H13N3OS2/c1-10-8-21-15(16-10)18-14(19)12-9-20-13(17-12)7-11-5-3-2-4-6-11/h2-6,8-9H,7H2,1H3,(H,16,18,19). The third kappa shape index (κ3) is 3.53. The number of amides is 1. The minimum Gasteiger partial charge on any atom is -0.296 e. The van der Waals surface area contributed by atoms with Gasteiger partial charge in [0.15, 0.2) is 5.13 Å². The highest BCUT2D eigenvalue weighted by molar-refractivity contribution is 7.14. The van der Waals surface area contributed by atoms with Crippen LogP contribution in [0.25, 0.3) is 0 Å². The van der Waals surface area contributed by atoms with Crippen molar-refractivity contribution in [2.45, 2.75) is 13.3 Å². The lowest BCUT2D eigenvalue weighted by molar-refractivity contribution is 0.102. The van der Waals surface area contributed by atoms with Crippen LogP contribution in [0.1, 0.15) is 26.8 Å². The Balaban J connectivity index is 1.68. The first kappa shape index (κ1) is 13.9. The van der Waals surface area contributed by atoms with Crippen LogP contribution in [-0.2, 0) is 6.42 Å². The molecule has 1 aromatic carbocycles. The average Bonchev–Trinajstić information content (AvgIpc) is 3.09. The van der Waals surface area contributed by atoms with E-state index in [2.05, 4.69) is 27.4 Å². The molecule has 0 atom stereocenters. The van der Waals surface area contributed by atoms with Gasteiger partial charge in [0.05, 0.1) is 10.7 Å². The Bertz CT molecular complexity index is 749. The van der Waals surface area contributed by atoms with E-state index in [1.807, 2.05) is 30.5 Å². The van der Waals surface area contributed by atoms with E-state index in [1.165, 1.54) is 28.2 Å². The molecule has 0 aliphatic heterocycles. The van der Waals surface area contributed by atoms with Gasteiger partial charge in [-0.25, -0.2) is 9.97 Å². The van der Waals surface area contributed by atoms with E-state index in [0.717, 1.165) is 17.1 Å². The van der Waals surface area contributed by atoms with Crippen LogP contribution in [0.3, 0.4) is 0 Å². The lowest BCUT2D eigenvalue weighted by Gasteiger charge is -1.98. The van der Waals surface area contributed by atoms with Crippen LogP contribution in [0.2, 0.25) is 0 Å². The minimum absolute atomic E-state index is 0.208. The van der Waals surface area contributed by atoms with E-state index < -0.39 is 0 Å². The zero-order chi connectivity index (χ0) is 14.7. The van der Waals surface area contributed by atoms with Gasteiger partial charge in [-0.2, -0.15) is 0 Å². The first-order valence-corrected chi connectivity index (χ1v) is 8.18. The molecule has 0 saturated heterocycles. The molecule has 0 fully saturated rings. The summed E-state index contributed by atoms with van der Waals surface area (Å²) in [5, 5.41) is 7.99. The van der Waals surface area contributed by atoms with Gasteiger partial charge in [0.2, 0.25) is 0 Å². The lowest BCUT2D eigenvalue weighted by Crippen LogP contribution is -2.12. The monoisotopic (exact) mass is 315 g/mol. The number of nitrogens with zero attached hydrogens (tertiary/aromatic N) is 2. The minimum atomic E-state index is -0.208. The molecule has 1 N–H and O–H groups in total. The highest BCUT2D eigenvalue weighted by atomic mass is 32.1. The Morgan fingerprint density at radius 1 is 1.14 bits per heavy atom. The van der Waals surface area contributed by atoms with Gasteiger partial charge in [-0.15, -0.1) is 22.7 Å². The van der Waals surface area contributed by atoms with Crippen molar-refractivity contribution in [3.8, 4) is 0 Å². The highest BCUT2D eigenvalue weighted by Crippen LogP contribution is 2.18. The fourth-order valence-electron chi connectivity index (χ4n) is 1.84. The maximum absolute atomic E-state index is 12.1.